The van der Waals surface area contributed by atoms with Crippen LogP contribution < -0.4 is 5.32 Å². The van der Waals surface area contributed by atoms with E-state index in [1.54, 1.807) is 7.11 Å². The summed E-state index contributed by atoms with van der Waals surface area (Å²) in [6.45, 7) is 4.74. The van der Waals surface area contributed by atoms with Crippen molar-refractivity contribution in [3.8, 4) is 0 Å². The van der Waals surface area contributed by atoms with Crippen molar-refractivity contribution in [3.63, 3.8) is 0 Å². The van der Waals surface area contributed by atoms with E-state index in [0.717, 1.165) is 25.3 Å². The molecule has 0 spiro atoms. The summed E-state index contributed by atoms with van der Waals surface area (Å²) in [6.07, 6.45) is 4.81. The smallest absolute Gasteiger partial charge is 0.0897 e. The highest BCUT2D eigenvalue weighted by Gasteiger charge is 2.20. The molecule has 0 bridgehead atoms. The van der Waals surface area contributed by atoms with Crippen LogP contribution in [-0.2, 0) is 9.47 Å². The summed E-state index contributed by atoms with van der Waals surface area (Å²) in [4.78, 5) is 0. The summed E-state index contributed by atoms with van der Waals surface area (Å²) in [5.41, 5.74) is 0. The number of ether oxygens (including phenoxy) is 2. The van der Waals surface area contributed by atoms with Crippen molar-refractivity contribution in [2.75, 3.05) is 33.4 Å². The molecule has 4 nitrogen and oxygen atoms in total. The van der Waals surface area contributed by atoms with E-state index in [1.807, 2.05) is 0 Å². The molecule has 1 rings (SSSR count). The van der Waals surface area contributed by atoms with Crippen molar-refractivity contribution in [2.24, 2.45) is 5.92 Å². The molecular weight excluding hydrogens is 218 g/mol. The third-order valence-corrected chi connectivity index (χ3v) is 3.28. The van der Waals surface area contributed by atoms with Crippen LogP contribution in [0.4, 0.5) is 0 Å². The van der Waals surface area contributed by atoms with E-state index in [9.17, 15) is 5.11 Å². The second kappa shape index (κ2) is 8.86. The highest BCUT2D eigenvalue weighted by Crippen LogP contribution is 2.25. The van der Waals surface area contributed by atoms with Crippen LogP contribution in [-0.4, -0.2) is 50.7 Å². The van der Waals surface area contributed by atoms with E-state index in [4.69, 9.17) is 9.47 Å². The Morgan fingerprint density at radius 1 is 1.41 bits per heavy atom. The van der Waals surface area contributed by atoms with Crippen LogP contribution in [0, 0.1) is 5.92 Å². The fourth-order valence-corrected chi connectivity index (χ4v) is 2.28. The molecular formula is C13H27NO3. The van der Waals surface area contributed by atoms with Crippen molar-refractivity contribution >= 4 is 0 Å². The van der Waals surface area contributed by atoms with Crippen LogP contribution in [0.3, 0.4) is 0 Å². The highest BCUT2D eigenvalue weighted by atomic mass is 16.5. The lowest BCUT2D eigenvalue weighted by Crippen LogP contribution is -2.34. The number of rotatable bonds is 8. The summed E-state index contributed by atoms with van der Waals surface area (Å²) >= 11 is 0. The SMILES string of the molecule is COCCNC[C@H](O)CO[C@H]1CCC[C@@H](C)C1. The van der Waals surface area contributed by atoms with Crippen molar-refractivity contribution in [1.29, 1.82) is 0 Å². The molecule has 2 N–H and O–H groups in total. The zero-order valence-electron chi connectivity index (χ0n) is 11.2. The van der Waals surface area contributed by atoms with Crippen molar-refractivity contribution in [2.45, 2.75) is 44.8 Å². The zero-order valence-corrected chi connectivity index (χ0v) is 11.2. The molecule has 0 aromatic carbocycles. The van der Waals surface area contributed by atoms with Crippen LogP contribution in [0.2, 0.25) is 0 Å². The van der Waals surface area contributed by atoms with Gasteiger partial charge in [-0.3, -0.25) is 0 Å². The van der Waals surface area contributed by atoms with Crippen LogP contribution >= 0.6 is 0 Å². The normalized spacial score (nSPS) is 27.0. The molecule has 0 radical (unpaired) electrons. The van der Waals surface area contributed by atoms with Crippen molar-refractivity contribution < 1.29 is 14.6 Å². The molecule has 102 valence electrons. The van der Waals surface area contributed by atoms with E-state index in [1.165, 1.54) is 12.8 Å². The molecule has 0 aliphatic heterocycles. The second-order valence-corrected chi connectivity index (χ2v) is 5.08. The molecule has 0 amide bonds. The van der Waals surface area contributed by atoms with E-state index < -0.39 is 6.10 Å². The van der Waals surface area contributed by atoms with Crippen molar-refractivity contribution in [3.05, 3.63) is 0 Å². The third-order valence-electron chi connectivity index (χ3n) is 3.28. The van der Waals surface area contributed by atoms with Gasteiger partial charge >= 0.3 is 0 Å². The molecule has 1 aliphatic carbocycles. The molecule has 17 heavy (non-hydrogen) atoms. The first-order valence-corrected chi connectivity index (χ1v) is 6.71. The summed E-state index contributed by atoms with van der Waals surface area (Å²) in [5, 5.41) is 12.8. The first-order chi connectivity index (χ1) is 8.22. The topological polar surface area (TPSA) is 50.7 Å². The lowest BCUT2D eigenvalue weighted by atomic mass is 9.89. The van der Waals surface area contributed by atoms with Gasteiger partial charge in [0, 0.05) is 20.2 Å². The Hall–Kier alpha value is -0.160. The summed E-state index contributed by atoms with van der Waals surface area (Å²) in [6, 6.07) is 0. The largest absolute Gasteiger partial charge is 0.389 e. The van der Waals surface area contributed by atoms with Crippen molar-refractivity contribution in [1.82, 2.24) is 5.32 Å². The number of aliphatic hydroxyl groups excluding tert-OH is 1. The number of hydrogen-bond acceptors (Lipinski definition) is 4. The average Bonchev–Trinajstić information content (AvgIpc) is 2.32. The summed E-state index contributed by atoms with van der Waals surface area (Å²) < 4.78 is 10.7. The summed E-state index contributed by atoms with van der Waals surface area (Å²) in [5.74, 6) is 0.769. The predicted octanol–water partition coefficient (Wildman–Crippen LogP) is 1.18. The molecule has 3 atom stereocenters. The molecule has 0 heterocycles. The van der Waals surface area contributed by atoms with Gasteiger partial charge in [0.2, 0.25) is 0 Å². The molecule has 0 saturated heterocycles. The Morgan fingerprint density at radius 3 is 2.94 bits per heavy atom. The highest BCUT2D eigenvalue weighted by molar-refractivity contribution is 4.71. The number of nitrogens with one attached hydrogen (secondary N) is 1. The van der Waals surface area contributed by atoms with Gasteiger partial charge in [0.05, 0.1) is 25.4 Å². The molecule has 0 unspecified atom stereocenters. The molecule has 1 fully saturated rings. The Balaban J connectivity index is 2.00. The number of methoxy groups -OCH3 is 1. The Labute approximate surface area is 105 Å². The summed E-state index contributed by atoms with van der Waals surface area (Å²) in [7, 11) is 1.67. The molecule has 1 aliphatic rings. The minimum absolute atomic E-state index is 0.354. The fourth-order valence-electron chi connectivity index (χ4n) is 2.28. The lowest BCUT2D eigenvalue weighted by molar-refractivity contribution is -0.0307. The Kier molecular flexibility index (Phi) is 7.77. The maximum absolute atomic E-state index is 9.72. The lowest BCUT2D eigenvalue weighted by Gasteiger charge is -2.27. The maximum Gasteiger partial charge on any atom is 0.0897 e. The van der Waals surface area contributed by atoms with Gasteiger partial charge in [-0.2, -0.15) is 0 Å². The minimum Gasteiger partial charge on any atom is -0.389 e. The van der Waals surface area contributed by atoms with E-state index >= 15 is 0 Å². The number of hydrogen-bond donors (Lipinski definition) is 2. The molecule has 0 aromatic heterocycles. The van der Waals surface area contributed by atoms with Gasteiger partial charge in [0.1, 0.15) is 0 Å². The van der Waals surface area contributed by atoms with Crippen LogP contribution in [0.5, 0.6) is 0 Å². The Bertz CT molecular complexity index is 190. The van der Waals surface area contributed by atoms with E-state index in [2.05, 4.69) is 12.2 Å². The van der Waals surface area contributed by atoms with E-state index in [0.29, 0.717) is 25.9 Å². The fraction of sp³-hybridized carbons (Fsp3) is 1.00. The second-order valence-electron chi connectivity index (χ2n) is 5.08. The minimum atomic E-state index is -0.413. The first-order valence-electron chi connectivity index (χ1n) is 6.71. The Morgan fingerprint density at radius 2 is 2.24 bits per heavy atom. The van der Waals surface area contributed by atoms with Crippen LogP contribution in [0.25, 0.3) is 0 Å². The quantitative estimate of drug-likeness (QED) is 0.631. The van der Waals surface area contributed by atoms with Gasteiger partial charge in [-0.05, 0) is 18.8 Å². The van der Waals surface area contributed by atoms with Gasteiger partial charge < -0.3 is 19.9 Å². The maximum atomic E-state index is 9.72. The van der Waals surface area contributed by atoms with Gasteiger partial charge in [0.25, 0.3) is 0 Å². The third kappa shape index (κ3) is 6.99. The van der Waals surface area contributed by atoms with Gasteiger partial charge in [-0.15, -0.1) is 0 Å². The van der Waals surface area contributed by atoms with Crippen LogP contribution in [0.1, 0.15) is 32.6 Å². The average molecular weight is 245 g/mol. The molecule has 4 heteroatoms. The van der Waals surface area contributed by atoms with Gasteiger partial charge in [-0.25, -0.2) is 0 Å². The van der Waals surface area contributed by atoms with E-state index in [-0.39, 0.29) is 0 Å². The van der Waals surface area contributed by atoms with Gasteiger partial charge in [-0.1, -0.05) is 19.8 Å². The monoisotopic (exact) mass is 245 g/mol. The standard InChI is InChI=1S/C13H27NO3/c1-11-4-3-5-13(8-11)17-10-12(15)9-14-6-7-16-2/h11-15H,3-10H2,1-2H3/t11-,12+,13+/m1/s1. The van der Waals surface area contributed by atoms with Crippen LogP contribution in [0.15, 0.2) is 0 Å². The molecule has 0 aromatic rings. The zero-order chi connectivity index (χ0) is 12.5. The molecule has 1 saturated carbocycles. The van der Waals surface area contributed by atoms with Gasteiger partial charge in [0.15, 0.2) is 0 Å². The predicted molar refractivity (Wildman–Crippen MR) is 68.1 cm³/mol. The number of aliphatic hydroxyl groups is 1. The first kappa shape index (κ1) is 14.9.